The molecule has 3 fully saturated rings. The van der Waals surface area contributed by atoms with E-state index in [-0.39, 0.29) is 41.4 Å². The summed E-state index contributed by atoms with van der Waals surface area (Å²) < 4.78 is 12.8. The lowest BCUT2D eigenvalue weighted by molar-refractivity contribution is -0.122. The number of halogens is 1. The Hall–Kier alpha value is -4.10. The number of anilines is 3. The van der Waals surface area contributed by atoms with Gasteiger partial charge in [-0.1, -0.05) is 11.6 Å². The van der Waals surface area contributed by atoms with Crippen LogP contribution in [0.5, 0.6) is 5.75 Å². The summed E-state index contributed by atoms with van der Waals surface area (Å²) in [5.74, 6) is 1.58. The normalized spacial score (nSPS) is 18.2. The molecule has 14 heteroatoms. The average Bonchev–Trinajstić information content (AvgIpc) is 3.07. The van der Waals surface area contributed by atoms with Crippen molar-refractivity contribution < 1.29 is 19.1 Å². The highest BCUT2D eigenvalue weighted by atomic mass is 35.5. The highest BCUT2D eigenvalue weighted by molar-refractivity contribution is 6.32. The van der Waals surface area contributed by atoms with Gasteiger partial charge in [0.25, 0.3) is 11.5 Å². The summed E-state index contributed by atoms with van der Waals surface area (Å²) >= 11 is 6.57. The van der Waals surface area contributed by atoms with Crippen LogP contribution in [0.4, 0.5) is 22.2 Å². The first-order valence-corrected chi connectivity index (χ1v) is 18.4. The molecule has 1 spiro atoms. The number of likely N-dealkylation sites (N-methyl/N-ethyl adjacent to an activating group) is 1. The molecule has 3 aromatic rings. The number of piperazine rings is 1. The van der Waals surface area contributed by atoms with Crippen LogP contribution in [-0.4, -0.2) is 101 Å². The van der Waals surface area contributed by atoms with Crippen LogP contribution in [-0.2, 0) is 9.53 Å². The lowest BCUT2D eigenvalue weighted by Gasteiger charge is -2.53. The molecule has 2 saturated heterocycles. The number of likely N-dealkylation sites (tertiary alicyclic amines) is 1. The fourth-order valence-corrected chi connectivity index (χ4v) is 7.61. The van der Waals surface area contributed by atoms with E-state index < -0.39 is 5.60 Å². The van der Waals surface area contributed by atoms with Crippen LogP contribution in [0.2, 0.25) is 5.02 Å². The van der Waals surface area contributed by atoms with Crippen LogP contribution in [0.15, 0.2) is 35.3 Å². The van der Waals surface area contributed by atoms with Crippen molar-refractivity contribution in [3.63, 3.8) is 0 Å². The second-order valence-electron chi connectivity index (χ2n) is 15.6. The van der Waals surface area contributed by atoms with Gasteiger partial charge >= 0.3 is 6.09 Å². The number of carbonyl (C=O) groups is 2. The van der Waals surface area contributed by atoms with E-state index in [1.54, 1.807) is 16.8 Å². The molecule has 1 saturated carbocycles. The number of ether oxygens (including phenoxy) is 2. The number of hydrogen-bond acceptors (Lipinski definition) is 10. The van der Waals surface area contributed by atoms with E-state index in [1.807, 2.05) is 57.7 Å². The zero-order valence-corrected chi connectivity index (χ0v) is 31.4. The molecular weight excluding hydrogens is 672 g/mol. The Balaban J connectivity index is 1.04. The molecule has 13 nitrogen and oxygen atoms in total. The van der Waals surface area contributed by atoms with Crippen molar-refractivity contribution in [2.45, 2.75) is 71.9 Å². The minimum atomic E-state index is -0.458. The third-order valence-corrected chi connectivity index (χ3v) is 10.5. The van der Waals surface area contributed by atoms with Gasteiger partial charge < -0.3 is 34.5 Å². The van der Waals surface area contributed by atoms with Crippen molar-refractivity contribution in [3.8, 4) is 5.75 Å². The van der Waals surface area contributed by atoms with Crippen molar-refractivity contribution in [1.29, 1.82) is 0 Å². The fourth-order valence-electron chi connectivity index (χ4n) is 7.47. The van der Waals surface area contributed by atoms with Crippen LogP contribution < -0.4 is 25.8 Å². The third kappa shape index (κ3) is 8.52. The summed E-state index contributed by atoms with van der Waals surface area (Å²) in [7, 11) is 1.52. The molecule has 2 aromatic heterocycles. The first kappa shape index (κ1) is 36.7. The number of pyridine rings is 1. The van der Waals surface area contributed by atoms with Crippen molar-refractivity contribution >= 4 is 52.0 Å². The molecule has 0 unspecified atom stereocenters. The molecule has 4 heterocycles. The Kier molecular flexibility index (Phi) is 10.7. The molecule has 0 atom stereocenters. The van der Waals surface area contributed by atoms with E-state index in [0.717, 1.165) is 62.4 Å². The first-order chi connectivity index (χ1) is 24.2. The molecule has 51 heavy (non-hydrogen) atoms. The predicted octanol–water partition coefficient (Wildman–Crippen LogP) is 5.44. The second-order valence-corrected chi connectivity index (χ2v) is 16.0. The Morgan fingerprint density at radius 3 is 2.43 bits per heavy atom. The van der Waals surface area contributed by atoms with Crippen LogP contribution in [0.1, 0.15) is 66.3 Å². The van der Waals surface area contributed by atoms with Gasteiger partial charge in [0, 0.05) is 75.4 Å². The van der Waals surface area contributed by atoms with E-state index in [2.05, 4.69) is 25.4 Å². The van der Waals surface area contributed by atoms with E-state index in [4.69, 9.17) is 26.1 Å². The SMILES string of the molecule is CNC(=O)COc1cc2cc(Nc3nc(N4CCN(CC5CCC6(CC5)CN(C(=O)OC(C)(C)C)C6)CC4)ncc3Cl)ccc2n(C(C)C)c1=O. The number of amides is 2. The number of nitrogens with one attached hydrogen (secondary N) is 2. The van der Waals surface area contributed by atoms with Crippen molar-refractivity contribution in [2.75, 3.05) is 69.7 Å². The molecule has 3 aliphatic rings. The Morgan fingerprint density at radius 1 is 1.08 bits per heavy atom. The van der Waals surface area contributed by atoms with Gasteiger partial charge in [-0.3, -0.25) is 14.5 Å². The van der Waals surface area contributed by atoms with E-state index in [9.17, 15) is 14.4 Å². The molecule has 1 aliphatic carbocycles. The number of fused-ring (bicyclic) bond motifs is 1. The molecule has 2 aliphatic heterocycles. The Bertz CT molecular complexity index is 1800. The van der Waals surface area contributed by atoms with Crippen molar-refractivity contribution in [2.24, 2.45) is 11.3 Å². The van der Waals surface area contributed by atoms with Crippen LogP contribution in [0, 0.1) is 11.3 Å². The van der Waals surface area contributed by atoms with Gasteiger partial charge in [-0.15, -0.1) is 0 Å². The maximum Gasteiger partial charge on any atom is 0.410 e. The third-order valence-electron chi connectivity index (χ3n) is 10.2. The van der Waals surface area contributed by atoms with Crippen LogP contribution in [0.25, 0.3) is 10.9 Å². The fraction of sp³-hybridized carbons (Fsp3) is 0.595. The number of benzene rings is 1. The van der Waals surface area contributed by atoms with Gasteiger partial charge in [0.05, 0.1) is 11.7 Å². The van der Waals surface area contributed by atoms with E-state index in [0.29, 0.717) is 22.7 Å². The van der Waals surface area contributed by atoms with Gasteiger partial charge in [0.1, 0.15) is 10.6 Å². The molecule has 2 amide bonds. The molecule has 276 valence electrons. The Labute approximate surface area is 304 Å². The number of aromatic nitrogens is 3. The molecule has 6 rings (SSSR count). The molecule has 0 radical (unpaired) electrons. The summed E-state index contributed by atoms with van der Waals surface area (Å²) in [4.78, 5) is 53.4. The molecule has 0 bridgehead atoms. The van der Waals surface area contributed by atoms with Crippen molar-refractivity contribution in [1.82, 2.24) is 29.7 Å². The highest BCUT2D eigenvalue weighted by Crippen LogP contribution is 2.46. The summed E-state index contributed by atoms with van der Waals surface area (Å²) in [6.45, 7) is 15.6. The number of nitrogens with zero attached hydrogens (tertiary/aromatic N) is 6. The largest absolute Gasteiger partial charge is 0.478 e. The second kappa shape index (κ2) is 14.9. The van der Waals surface area contributed by atoms with Gasteiger partial charge in [0.15, 0.2) is 18.2 Å². The quantitative estimate of drug-likeness (QED) is 0.294. The zero-order chi connectivity index (χ0) is 36.5. The van der Waals surface area contributed by atoms with E-state index in [1.165, 1.54) is 32.7 Å². The number of hydrogen-bond donors (Lipinski definition) is 2. The zero-order valence-electron chi connectivity index (χ0n) is 30.6. The topological polar surface area (TPSA) is 134 Å². The van der Waals surface area contributed by atoms with Gasteiger partial charge in [-0.05, 0) is 90.5 Å². The van der Waals surface area contributed by atoms with E-state index >= 15 is 0 Å². The minimum Gasteiger partial charge on any atom is -0.478 e. The smallest absolute Gasteiger partial charge is 0.410 e. The summed E-state index contributed by atoms with van der Waals surface area (Å²) in [6, 6.07) is 7.22. The van der Waals surface area contributed by atoms with Crippen LogP contribution >= 0.6 is 11.6 Å². The lowest BCUT2D eigenvalue weighted by atomic mass is 9.66. The summed E-state index contributed by atoms with van der Waals surface area (Å²) in [6.07, 6.45) is 6.19. The van der Waals surface area contributed by atoms with Crippen molar-refractivity contribution in [3.05, 3.63) is 45.8 Å². The number of carbonyl (C=O) groups excluding carboxylic acids is 2. The Morgan fingerprint density at radius 2 is 1.78 bits per heavy atom. The number of rotatable bonds is 9. The molecular formula is C37H51ClN8O5. The summed E-state index contributed by atoms with van der Waals surface area (Å²) in [5.41, 5.74) is 1.01. The predicted molar refractivity (Wildman–Crippen MR) is 199 cm³/mol. The monoisotopic (exact) mass is 722 g/mol. The molecule has 2 N–H and O–H groups in total. The standard InChI is InChI=1S/C37H51ClN8O5/c1-24(2)46-29-8-7-27(17-26(29)18-30(33(46)48)50-21-31(47)39-6)41-32-28(38)19-40-34(42-32)44-15-13-43(14-16-44)20-25-9-11-37(12-10-25)22-45(23-37)35(49)51-36(3,4)5/h7-8,17-19,24-25H,9-16,20-23H2,1-6H3,(H,39,47)(H,40,41,42). The average molecular weight is 723 g/mol. The minimum absolute atomic E-state index is 0.107. The lowest BCUT2D eigenvalue weighted by Crippen LogP contribution is -2.60. The van der Waals surface area contributed by atoms with Gasteiger partial charge in [-0.2, -0.15) is 4.98 Å². The summed E-state index contributed by atoms with van der Waals surface area (Å²) in [5, 5.41) is 7.02. The van der Waals surface area contributed by atoms with Gasteiger partial charge in [-0.25, -0.2) is 9.78 Å². The molecule has 1 aromatic carbocycles. The first-order valence-electron chi connectivity index (χ1n) is 18.0. The maximum atomic E-state index is 13.2. The van der Waals surface area contributed by atoms with Crippen LogP contribution in [0.3, 0.4) is 0 Å². The maximum absolute atomic E-state index is 13.2. The van der Waals surface area contributed by atoms with Gasteiger partial charge in [0.2, 0.25) is 5.95 Å². The highest BCUT2D eigenvalue weighted by Gasteiger charge is 2.48.